The average molecular weight is 395 g/mol. The maximum absolute atomic E-state index is 13.6. The van der Waals surface area contributed by atoms with Gasteiger partial charge in [0.25, 0.3) is 5.91 Å². The molecule has 2 saturated heterocycles. The highest BCUT2D eigenvalue weighted by Gasteiger charge is 2.34. The maximum atomic E-state index is 13.6. The Balaban J connectivity index is 1.26. The lowest BCUT2D eigenvalue weighted by molar-refractivity contribution is -0.117. The summed E-state index contributed by atoms with van der Waals surface area (Å²) in [6, 6.07) is 14.3. The summed E-state index contributed by atoms with van der Waals surface area (Å²) in [5.41, 5.74) is 1.59. The Morgan fingerprint density at radius 2 is 1.69 bits per heavy atom. The second kappa shape index (κ2) is 8.74. The zero-order valence-electron chi connectivity index (χ0n) is 16.3. The first kappa shape index (κ1) is 19.6. The molecule has 0 radical (unpaired) electrons. The first-order chi connectivity index (χ1) is 14.1. The normalized spacial score (nSPS) is 22.9. The van der Waals surface area contributed by atoms with Crippen molar-refractivity contribution < 1.29 is 14.0 Å². The van der Waals surface area contributed by atoms with E-state index in [9.17, 15) is 14.0 Å². The molecule has 6 heteroatoms. The van der Waals surface area contributed by atoms with Crippen LogP contribution in [0.3, 0.4) is 0 Å². The van der Waals surface area contributed by atoms with Crippen molar-refractivity contribution in [2.24, 2.45) is 5.92 Å². The summed E-state index contributed by atoms with van der Waals surface area (Å²) in [5, 5.41) is 9.24. The number of nitrogens with one attached hydrogen (secondary N) is 3. The summed E-state index contributed by atoms with van der Waals surface area (Å²) in [4.78, 5) is 24.6. The van der Waals surface area contributed by atoms with Gasteiger partial charge < -0.3 is 16.0 Å². The fraction of sp³-hybridized carbons (Fsp3) is 0.391. The van der Waals surface area contributed by atoms with E-state index >= 15 is 0 Å². The quantitative estimate of drug-likeness (QED) is 0.700. The molecule has 0 spiro atoms. The number of hydrogen-bond acceptors (Lipinski definition) is 3. The third-order valence-electron chi connectivity index (χ3n) is 5.87. The highest BCUT2D eigenvalue weighted by atomic mass is 19.1. The van der Waals surface area contributed by atoms with E-state index in [2.05, 4.69) is 16.0 Å². The Kier molecular flexibility index (Phi) is 5.90. The summed E-state index contributed by atoms with van der Waals surface area (Å²) in [6.07, 6.45) is 5.14. The Morgan fingerprint density at radius 1 is 1.00 bits per heavy atom. The second-order valence-electron chi connectivity index (χ2n) is 8.08. The highest BCUT2D eigenvalue weighted by molar-refractivity contribution is 5.95. The molecular weight excluding hydrogens is 369 g/mol. The van der Waals surface area contributed by atoms with Crippen LogP contribution in [-0.2, 0) is 11.3 Å². The molecule has 2 fully saturated rings. The molecule has 2 unspecified atom stereocenters. The van der Waals surface area contributed by atoms with Crippen LogP contribution in [0.5, 0.6) is 0 Å². The zero-order valence-corrected chi connectivity index (χ0v) is 16.3. The smallest absolute Gasteiger partial charge is 0.251 e. The number of carbonyl (C=O) groups excluding carboxylic acids is 2. The number of anilines is 1. The molecule has 2 heterocycles. The molecule has 2 aromatic rings. The van der Waals surface area contributed by atoms with E-state index in [1.165, 1.54) is 18.9 Å². The number of benzene rings is 2. The number of carbonyl (C=O) groups is 2. The van der Waals surface area contributed by atoms with Crippen molar-refractivity contribution in [1.29, 1.82) is 0 Å². The van der Waals surface area contributed by atoms with E-state index in [1.54, 1.807) is 42.5 Å². The van der Waals surface area contributed by atoms with Gasteiger partial charge in [0.1, 0.15) is 5.82 Å². The molecule has 2 aromatic carbocycles. The monoisotopic (exact) mass is 395 g/mol. The van der Waals surface area contributed by atoms with Crippen molar-refractivity contribution in [2.75, 3.05) is 5.32 Å². The lowest BCUT2D eigenvalue weighted by Crippen LogP contribution is -2.39. The zero-order chi connectivity index (χ0) is 20.2. The minimum Gasteiger partial charge on any atom is -0.348 e. The number of hydrogen-bond donors (Lipinski definition) is 3. The van der Waals surface area contributed by atoms with Gasteiger partial charge in [-0.2, -0.15) is 0 Å². The van der Waals surface area contributed by atoms with Crippen LogP contribution in [0.25, 0.3) is 0 Å². The van der Waals surface area contributed by atoms with Crippen molar-refractivity contribution in [3.05, 3.63) is 65.5 Å². The van der Waals surface area contributed by atoms with Gasteiger partial charge in [0.15, 0.2) is 0 Å². The Labute approximate surface area is 170 Å². The van der Waals surface area contributed by atoms with Crippen molar-refractivity contribution in [1.82, 2.24) is 10.6 Å². The van der Waals surface area contributed by atoms with Crippen LogP contribution in [0, 0.1) is 11.7 Å². The Bertz CT molecular complexity index is 872. The molecule has 2 atom stereocenters. The van der Waals surface area contributed by atoms with Crippen LogP contribution in [0.15, 0.2) is 48.5 Å². The summed E-state index contributed by atoms with van der Waals surface area (Å²) >= 11 is 0. The standard InChI is InChI=1S/C23H26FN3O2/c24-21-4-2-1-3-17(21)14-25-23(29)16-5-7-18(8-6-16)27-22(28)13-15-11-19-9-10-20(12-15)26-19/h1-8,15,19-20,26H,9-14H2,(H,25,29)(H,27,28). The molecule has 0 aliphatic carbocycles. The van der Waals surface area contributed by atoms with Gasteiger partial charge in [-0.3, -0.25) is 9.59 Å². The average Bonchev–Trinajstić information content (AvgIpc) is 3.05. The molecule has 4 rings (SSSR count). The minimum atomic E-state index is -0.340. The van der Waals surface area contributed by atoms with Gasteiger partial charge in [0.2, 0.25) is 5.91 Å². The van der Waals surface area contributed by atoms with Crippen LogP contribution in [0.4, 0.5) is 10.1 Å². The molecule has 2 bridgehead atoms. The molecule has 29 heavy (non-hydrogen) atoms. The van der Waals surface area contributed by atoms with E-state index in [-0.39, 0.29) is 24.2 Å². The Hall–Kier alpha value is -2.73. The van der Waals surface area contributed by atoms with Crippen molar-refractivity contribution in [3.63, 3.8) is 0 Å². The molecular formula is C23H26FN3O2. The van der Waals surface area contributed by atoms with E-state index in [4.69, 9.17) is 0 Å². The van der Waals surface area contributed by atoms with Gasteiger partial charge in [-0.05, 0) is 61.9 Å². The third-order valence-corrected chi connectivity index (χ3v) is 5.87. The van der Waals surface area contributed by atoms with Crippen molar-refractivity contribution in [3.8, 4) is 0 Å². The van der Waals surface area contributed by atoms with Gasteiger partial charge in [-0.15, -0.1) is 0 Å². The van der Waals surface area contributed by atoms with E-state index in [1.807, 2.05) is 0 Å². The predicted molar refractivity (Wildman–Crippen MR) is 110 cm³/mol. The van der Waals surface area contributed by atoms with Crippen LogP contribution in [0.1, 0.15) is 48.0 Å². The minimum absolute atomic E-state index is 0.0213. The number of halogens is 1. The molecule has 5 nitrogen and oxygen atoms in total. The summed E-state index contributed by atoms with van der Waals surface area (Å²) in [6.45, 7) is 0.127. The predicted octanol–water partition coefficient (Wildman–Crippen LogP) is 3.61. The van der Waals surface area contributed by atoms with E-state index < -0.39 is 0 Å². The SMILES string of the molecule is O=C(CC1CC2CCC(C1)N2)Nc1ccc(C(=O)NCc2ccccc2F)cc1. The number of amides is 2. The second-order valence-corrected chi connectivity index (χ2v) is 8.08. The Morgan fingerprint density at radius 3 is 2.38 bits per heavy atom. The lowest BCUT2D eigenvalue weighted by Gasteiger charge is -2.28. The fourth-order valence-corrected chi connectivity index (χ4v) is 4.44. The highest BCUT2D eigenvalue weighted by Crippen LogP contribution is 2.32. The third kappa shape index (κ3) is 5.01. The maximum Gasteiger partial charge on any atom is 0.251 e. The first-order valence-electron chi connectivity index (χ1n) is 10.2. The van der Waals surface area contributed by atoms with Gasteiger partial charge in [-0.1, -0.05) is 18.2 Å². The molecule has 2 aliphatic rings. The lowest BCUT2D eigenvalue weighted by atomic mass is 9.89. The van der Waals surface area contributed by atoms with Gasteiger partial charge >= 0.3 is 0 Å². The summed E-state index contributed by atoms with van der Waals surface area (Å²) < 4.78 is 13.6. The van der Waals surface area contributed by atoms with Gasteiger partial charge in [0.05, 0.1) is 0 Å². The van der Waals surface area contributed by atoms with E-state index in [0.29, 0.717) is 41.2 Å². The topological polar surface area (TPSA) is 70.2 Å². The van der Waals surface area contributed by atoms with Gasteiger partial charge in [0, 0.05) is 41.9 Å². The van der Waals surface area contributed by atoms with E-state index in [0.717, 1.165) is 12.8 Å². The summed E-state index contributed by atoms with van der Waals surface area (Å²) in [5.74, 6) is -0.158. The number of piperidine rings is 1. The molecule has 3 N–H and O–H groups in total. The molecule has 0 aromatic heterocycles. The number of fused-ring (bicyclic) bond motifs is 2. The van der Waals surface area contributed by atoms with Crippen molar-refractivity contribution >= 4 is 17.5 Å². The van der Waals surface area contributed by atoms with Crippen LogP contribution >= 0.6 is 0 Å². The van der Waals surface area contributed by atoms with Gasteiger partial charge in [-0.25, -0.2) is 4.39 Å². The summed E-state index contributed by atoms with van der Waals surface area (Å²) in [7, 11) is 0. The first-order valence-corrected chi connectivity index (χ1v) is 10.2. The molecule has 152 valence electrons. The van der Waals surface area contributed by atoms with Crippen molar-refractivity contribution in [2.45, 2.75) is 50.7 Å². The molecule has 0 saturated carbocycles. The number of rotatable bonds is 6. The molecule has 2 aliphatic heterocycles. The fourth-order valence-electron chi connectivity index (χ4n) is 4.44. The van der Waals surface area contributed by atoms with Crippen LogP contribution < -0.4 is 16.0 Å². The van der Waals surface area contributed by atoms with Crippen LogP contribution in [-0.4, -0.2) is 23.9 Å². The molecule has 2 amide bonds. The van der Waals surface area contributed by atoms with Crippen LogP contribution in [0.2, 0.25) is 0 Å². The largest absolute Gasteiger partial charge is 0.348 e.